The summed E-state index contributed by atoms with van der Waals surface area (Å²) in [6.07, 6.45) is 8.72. The highest BCUT2D eigenvalue weighted by atomic mass is 16.4. The van der Waals surface area contributed by atoms with Gasteiger partial charge in [-0.1, -0.05) is 13.8 Å². The first kappa shape index (κ1) is 21.0. The fraction of sp³-hybridized carbons (Fsp3) is 0.400. The number of anilines is 1. The summed E-state index contributed by atoms with van der Waals surface area (Å²) in [6, 6.07) is 3.68. The fourth-order valence-corrected chi connectivity index (χ4v) is 4.98. The molecule has 5 heterocycles. The minimum absolute atomic E-state index is 0.0590. The Morgan fingerprint density at radius 2 is 2.06 bits per heavy atom. The third-order valence-corrected chi connectivity index (χ3v) is 7.10. The summed E-state index contributed by atoms with van der Waals surface area (Å²) in [6.45, 7) is 6.43. The molecule has 4 N–H and O–H groups in total. The molecule has 1 aliphatic carbocycles. The number of aromatic amines is 1. The van der Waals surface area contributed by atoms with E-state index < -0.39 is 5.97 Å². The van der Waals surface area contributed by atoms with Gasteiger partial charge in [-0.05, 0) is 54.8 Å². The Kier molecular flexibility index (Phi) is 4.77. The summed E-state index contributed by atoms with van der Waals surface area (Å²) >= 11 is 0. The molecule has 1 saturated heterocycles. The van der Waals surface area contributed by atoms with Crippen molar-refractivity contribution in [1.82, 2.24) is 30.2 Å². The monoisotopic (exact) mass is 457 g/mol. The van der Waals surface area contributed by atoms with Gasteiger partial charge in [0, 0.05) is 41.3 Å². The van der Waals surface area contributed by atoms with Gasteiger partial charge in [0.05, 0.1) is 11.7 Å². The molecule has 34 heavy (non-hydrogen) atoms. The Morgan fingerprint density at radius 3 is 2.82 bits per heavy atom. The van der Waals surface area contributed by atoms with Gasteiger partial charge in [-0.2, -0.15) is 0 Å². The van der Waals surface area contributed by atoms with Crippen LogP contribution in [0.25, 0.3) is 33.3 Å². The van der Waals surface area contributed by atoms with Crippen LogP contribution >= 0.6 is 0 Å². The van der Waals surface area contributed by atoms with Gasteiger partial charge in [-0.3, -0.25) is 4.98 Å². The van der Waals surface area contributed by atoms with Crippen LogP contribution in [0.4, 0.5) is 5.82 Å². The van der Waals surface area contributed by atoms with E-state index in [1.54, 1.807) is 18.5 Å². The molecule has 9 heteroatoms. The summed E-state index contributed by atoms with van der Waals surface area (Å²) < 4.78 is 0. The zero-order chi connectivity index (χ0) is 23.4. The van der Waals surface area contributed by atoms with Crippen LogP contribution in [0.1, 0.15) is 55.1 Å². The number of H-pyrrole nitrogens is 1. The van der Waals surface area contributed by atoms with Crippen LogP contribution in [-0.2, 0) is 0 Å². The zero-order valence-corrected chi connectivity index (χ0v) is 19.2. The number of pyridine rings is 2. The van der Waals surface area contributed by atoms with Gasteiger partial charge in [0.1, 0.15) is 17.2 Å². The van der Waals surface area contributed by atoms with Crippen LogP contribution in [0.5, 0.6) is 0 Å². The molecular weight excluding hydrogens is 430 g/mol. The van der Waals surface area contributed by atoms with Crippen LogP contribution in [0, 0.1) is 5.41 Å². The van der Waals surface area contributed by atoms with E-state index in [1.165, 1.54) is 5.56 Å². The lowest BCUT2D eigenvalue weighted by atomic mass is 9.80. The van der Waals surface area contributed by atoms with E-state index >= 15 is 0 Å². The van der Waals surface area contributed by atoms with Crippen LogP contribution in [0.3, 0.4) is 0 Å². The van der Waals surface area contributed by atoms with Gasteiger partial charge in [0.15, 0.2) is 5.82 Å². The number of nitrogens with one attached hydrogen (secondary N) is 3. The van der Waals surface area contributed by atoms with Crippen molar-refractivity contribution in [2.45, 2.75) is 45.1 Å². The number of piperidine rings is 1. The number of nitrogens with zero attached hydrogens (tertiary/aromatic N) is 4. The Balaban J connectivity index is 1.54. The van der Waals surface area contributed by atoms with Crippen molar-refractivity contribution in [1.29, 1.82) is 0 Å². The average Bonchev–Trinajstić information content (AvgIpc) is 3.56. The Bertz CT molecular complexity index is 1420. The van der Waals surface area contributed by atoms with Gasteiger partial charge < -0.3 is 20.7 Å². The predicted octanol–water partition coefficient (Wildman–Crippen LogP) is 3.94. The molecule has 4 aromatic heterocycles. The molecule has 174 valence electrons. The zero-order valence-electron chi connectivity index (χ0n) is 19.2. The summed E-state index contributed by atoms with van der Waals surface area (Å²) in [5.41, 5.74) is 3.38. The first-order valence-electron chi connectivity index (χ1n) is 11.7. The normalized spacial score (nSPS) is 20.0. The maximum atomic E-state index is 11.5. The van der Waals surface area contributed by atoms with Crippen LogP contribution in [-0.4, -0.2) is 55.1 Å². The number of aromatic carboxylic acids is 1. The molecule has 1 aliphatic heterocycles. The molecule has 0 bridgehead atoms. The Labute approximate surface area is 196 Å². The lowest BCUT2D eigenvalue weighted by molar-refractivity contribution is 0.0691. The third-order valence-electron chi connectivity index (χ3n) is 7.10. The second-order valence-electron chi connectivity index (χ2n) is 10.1. The van der Waals surface area contributed by atoms with E-state index in [2.05, 4.69) is 39.4 Å². The standard InChI is InChI=1S/C25H27N7O2/c1-25(2)12-26-7-6-19(25)31-23-20-16(13-3-4-13)10-27-11-18(20)30-22(32-23)14-5-8-28-21-15(14)9-17(29-21)24(33)34/h5,8-11,13,19,26H,3-4,6-7,12H2,1-2H3,(H,28,29)(H,33,34)(H,30,31,32). The highest BCUT2D eigenvalue weighted by Gasteiger charge is 2.34. The lowest BCUT2D eigenvalue weighted by Crippen LogP contribution is -2.49. The quantitative estimate of drug-likeness (QED) is 0.355. The maximum Gasteiger partial charge on any atom is 0.352 e. The van der Waals surface area contributed by atoms with Crippen LogP contribution in [0.2, 0.25) is 0 Å². The summed E-state index contributed by atoms with van der Waals surface area (Å²) in [5.74, 6) is 0.822. The number of aromatic nitrogens is 5. The van der Waals surface area contributed by atoms with E-state index in [-0.39, 0.29) is 17.2 Å². The lowest BCUT2D eigenvalue weighted by Gasteiger charge is -2.40. The van der Waals surface area contributed by atoms with E-state index in [4.69, 9.17) is 9.97 Å². The molecule has 1 atom stereocenters. The second-order valence-corrected chi connectivity index (χ2v) is 10.1. The van der Waals surface area contributed by atoms with Crippen LogP contribution < -0.4 is 10.6 Å². The van der Waals surface area contributed by atoms with Crippen molar-refractivity contribution in [3.63, 3.8) is 0 Å². The fourth-order valence-electron chi connectivity index (χ4n) is 4.98. The largest absolute Gasteiger partial charge is 0.477 e. The number of rotatable bonds is 5. The van der Waals surface area contributed by atoms with Gasteiger partial charge in [0.2, 0.25) is 0 Å². The van der Waals surface area contributed by atoms with E-state index in [0.717, 1.165) is 54.6 Å². The van der Waals surface area contributed by atoms with E-state index in [9.17, 15) is 9.90 Å². The average molecular weight is 458 g/mol. The molecule has 1 unspecified atom stereocenters. The first-order chi connectivity index (χ1) is 16.4. The summed E-state index contributed by atoms with van der Waals surface area (Å²) in [7, 11) is 0. The minimum atomic E-state index is -1.03. The summed E-state index contributed by atoms with van der Waals surface area (Å²) in [4.78, 5) is 33.1. The molecular formula is C25H27N7O2. The summed E-state index contributed by atoms with van der Waals surface area (Å²) in [5, 5.41) is 18.4. The smallest absolute Gasteiger partial charge is 0.352 e. The Hall–Kier alpha value is -3.59. The van der Waals surface area contributed by atoms with Gasteiger partial charge >= 0.3 is 5.97 Å². The SMILES string of the molecule is CC1(C)CNCCC1Nc1nc(-c2ccnc3[nH]c(C(=O)O)cc23)nc2cncc(C3CC3)c12. The van der Waals surface area contributed by atoms with Gasteiger partial charge in [0.25, 0.3) is 0 Å². The van der Waals surface area contributed by atoms with E-state index in [1.807, 2.05) is 12.3 Å². The number of carboxylic acid groups (broad SMARTS) is 1. The molecule has 9 nitrogen and oxygen atoms in total. The molecule has 1 saturated carbocycles. The molecule has 0 radical (unpaired) electrons. The molecule has 0 aromatic carbocycles. The van der Waals surface area contributed by atoms with Gasteiger partial charge in [-0.15, -0.1) is 0 Å². The number of carboxylic acids is 1. The van der Waals surface area contributed by atoms with Crippen molar-refractivity contribution < 1.29 is 9.90 Å². The maximum absolute atomic E-state index is 11.5. The van der Waals surface area contributed by atoms with Crippen molar-refractivity contribution in [3.05, 3.63) is 42.0 Å². The molecule has 2 fully saturated rings. The van der Waals surface area contributed by atoms with E-state index in [0.29, 0.717) is 22.8 Å². The minimum Gasteiger partial charge on any atom is -0.477 e. The number of carbonyl (C=O) groups is 1. The van der Waals surface area contributed by atoms with Gasteiger partial charge in [-0.25, -0.2) is 19.7 Å². The van der Waals surface area contributed by atoms with Crippen molar-refractivity contribution in [3.8, 4) is 11.4 Å². The molecule has 4 aromatic rings. The van der Waals surface area contributed by atoms with Crippen molar-refractivity contribution in [2.75, 3.05) is 18.4 Å². The van der Waals surface area contributed by atoms with Crippen molar-refractivity contribution in [2.24, 2.45) is 5.41 Å². The Morgan fingerprint density at radius 1 is 1.21 bits per heavy atom. The topological polar surface area (TPSA) is 129 Å². The number of fused-ring (bicyclic) bond motifs is 2. The first-order valence-corrected chi connectivity index (χ1v) is 11.7. The third kappa shape index (κ3) is 3.56. The molecule has 0 amide bonds. The number of hydrogen-bond acceptors (Lipinski definition) is 7. The highest BCUT2D eigenvalue weighted by Crippen LogP contribution is 2.45. The highest BCUT2D eigenvalue weighted by molar-refractivity contribution is 6.00. The van der Waals surface area contributed by atoms with Crippen molar-refractivity contribution >= 4 is 33.7 Å². The predicted molar refractivity (Wildman–Crippen MR) is 130 cm³/mol. The second kappa shape index (κ2) is 7.73. The van der Waals surface area contributed by atoms with Crippen LogP contribution in [0.15, 0.2) is 30.7 Å². The molecule has 2 aliphatic rings. The molecule has 6 rings (SSSR count). The molecule has 0 spiro atoms. The number of hydrogen-bond donors (Lipinski definition) is 4.